The summed E-state index contributed by atoms with van der Waals surface area (Å²) >= 11 is 1.87. The summed E-state index contributed by atoms with van der Waals surface area (Å²) in [6.45, 7) is 0. The quantitative estimate of drug-likeness (QED) is 0.300. The minimum absolute atomic E-state index is 0.941. The Labute approximate surface area is 178 Å². The molecule has 0 aliphatic rings. The third-order valence-corrected chi connectivity index (χ3v) is 7.27. The number of hydrogen-bond donors (Lipinski definition) is 0. The number of benzene rings is 4. The molecule has 0 radical (unpaired) electrons. The van der Waals surface area contributed by atoms with Crippen LogP contribution in [0.15, 0.2) is 65.1 Å². The maximum Gasteiger partial charge on any atom is 0.143 e. The highest BCUT2D eigenvalue weighted by atomic mass is 32.1. The molecule has 0 bridgehead atoms. The zero-order valence-electron chi connectivity index (χ0n) is 17.5. The van der Waals surface area contributed by atoms with E-state index in [1.165, 1.54) is 47.4 Å². The fourth-order valence-corrected chi connectivity index (χ4v) is 5.67. The van der Waals surface area contributed by atoms with E-state index in [0.717, 1.165) is 16.9 Å². The van der Waals surface area contributed by atoms with Crippen molar-refractivity contribution >= 4 is 75.6 Å². The van der Waals surface area contributed by atoms with Crippen LogP contribution in [-0.2, 0) is 0 Å². The van der Waals surface area contributed by atoms with E-state index in [1.54, 1.807) is 0 Å². The first-order valence-electron chi connectivity index (χ1n) is 10.1. The predicted molar refractivity (Wildman–Crippen MR) is 133 cm³/mol. The molecule has 0 saturated heterocycles. The van der Waals surface area contributed by atoms with E-state index in [1.807, 2.05) is 11.3 Å². The van der Waals surface area contributed by atoms with Crippen molar-refractivity contribution in [1.82, 2.24) is 0 Å². The summed E-state index contributed by atoms with van der Waals surface area (Å²) in [5.74, 6) is 0. The number of nitrogens with zero attached hydrogens (tertiary/aromatic N) is 2. The van der Waals surface area contributed by atoms with Crippen molar-refractivity contribution in [3.05, 3.63) is 60.7 Å². The van der Waals surface area contributed by atoms with Crippen LogP contribution in [-0.4, -0.2) is 28.2 Å². The highest BCUT2D eigenvalue weighted by Gasteiger charge is 2.15. The van der Waals surface area contributed by atoms with E-state index < -0.39 is 0 Å². The maximum atomic E-state index is 6.40. The van der Waals surface area contributed by atoms with E-state index in [4.69, 9.17) is 4.42 Å². The normalized spacial score (nSPS) is 12.0. The van der Waals surface area contributed by atoms with Crippen LogP contribution >= 0.6 is 11.3 Å². The van der Waals surface area contributed by atoms with E-state index >= 15 is 0 Å². The number of fused-ring (bicyclic) bond motifs is 9. The molecule has 0 amide bonds. The van der Waals surface area contributed by atoms with Crippen LogP contribution in [0.4, 0.5) is 11.4 Å². The second-order valence-electron chi connectivity index (χ2n) is 8.33. The van der Waals surface area contributed by atoms with Gasteiger partial charge in [-0.25, -0.2) is 0 Å². The molecule has 0 aliphatic carbocycles. The molecule has 0 unspecified atom stereocenters. The van der Waals surface area contributed by atoms with Crippen molar-refractivity contribution in [2.24, 2.45) is 0 Å². The fraction of sp³-hybridized carbons (Fsp3) is 0.154. The monoisotopic (exact) mass is 410 g/mol. The predicted octanol–water partition coefficient (Wildman–Crippen LogP) is 7.24. The lowest BCUT2D eigenvalue weighted by Gasteiger charge is -2.11. The lowest BCUT2D eigenvalue weighted by molar-refractivity contribution is 0.672. The summed E-state index contributed by atoms with van der Waals surface area (Å²) in [4.78, 5) is 4.26. The zero-order chi connectivity index (χ0) is 20.6. The van der Waals surface area contributed by atoms with Gasteiger partial charge in [-0.2, -0.15) is 0 Å². The summed E-state index contributed by atoms with van der Waals surface area (Å²) in [5.41, 5.74) is 4.30. The maximum absolute atomic E-state index is 6.40. The first kappa shape index (κ1) is 17.6. The Morgan fingerprint density at radius 1 is 0.600 bits per heavy atom. The Hall–Kier alpha value is -3.24. The molecule has 0 spiro atoms. The van der Waals surface area contributed by atoms with Crippen LogP contribution in [0.5, 0.6) is 0 Å². The van der Waals surface area contributed by atoms with Gasteiger partial charge in [-0.3, -0.25) is 0 Å². The minimum Gasteiger partial charge on any atom is -0.455 e. The van der Waals surface area contributed by atoms with Gasteiger partial charge in [0.25, 0.3) is 0 Å². The van der Waals surface area contributed by atoms with E-state index in [-0.39, 0.29) is 0 Å². The van der Waals surface area contributed by atoms with Gasteiger partial charge < -0.3 is 14.2 Å². The summed E-state index contributed by atoms with van der Waals surface area (Å²) in [6.07, 6.45) is 0. The van der Waals surface area contributed by atoms with Gasteiger partial charge in [-0.15, -0.1) is 11.3 Å². The molecule has 2 heterocycles. The van der Waals surface area contributed by atoms with Crippen molar-refractivity contribution < 1.29 is 4.42 Å². The molecule has 6 aromatic rings. The Morgan fingerprint density at radius 2 is 1.13 bits per heavy atom. The van der Waals surface area contributed by atoms with Gasteiger partial charge in [0.1, 0.15) is 11.2 Å². The molecule has 0 atom stereocenters. The average molecular weight is 411 g/mol. The Balaban J connectivity index is 1.68. The number of anilines is 2. The van der Waals surface area contributed by atoms with Crippen LogP contribution in [0.1, 0.15) is 0 Å². The smallest absolute Gasteiger partial charge is 0.143 e. The molecule has 0 aliphatic heterocycles. The van der Waals surface area contributed by atoms with Gasteiger partial charge in [0.05, 0.1) is 0 Å². The summed E-state index contributed by atoms with van der Waals surface area (Å²) in [5, 5.41) is 7.44. The van der Waals surface area contributed by atoms with Crippen LogP contribution in [0.3, 0.4) is 0 Å². The molecular formula is C26H22N2OS. The molecule has 2 aromatic heterocycles. The van der Waals surface area contributed by atoms with Gasteiger partial charge in [0, 0.05) is 87.3 Å². The van der Waals surface area contributed by atoms with Crippen molar-refractivity contribution in [1.29, 1.82) is 0 Å². The molecule has 6 rings (SSSR count). The second-order valence-corrected chi connectivity index (χ2v) is 9.39. The molecule has 30 heavy (non-hydrogen) atoms. The Morgan fingerprint density at radius 3 is 1.83 bits per heavy atom. The van der Waals surface area contributed by atoms with Crippen molar-refractivity contribution in [2.45, 2.75) is 0 Å². The summed E-state index contributed by atoms with van der Waals surface area (Å²) in [6, 6.07) is 22.1. The molecule has 0 N–H and O–H groups in total. The van der Waals surface area contributed by atoms with Crippen LogP contribution in [0, 0.1) is 0 Å². The SMILES string of the molecule is CN(C)c1ccc2c(c1)oc1c2ccc2c1ccc1c3ccc(N(C)C)cc3sc12. The van der Waals surface area contributed by atoms with Gasteiger partial charge in [-0.1, -0.05) is 18.2 Å². The third kappa shape index (κ3) is 2.37. The number of hydrogen-bond acceptors (Lipinski definition) is 4. The molecule has 0 fully saturated rings. The molecule has 0 saturated carbocycles. The van der Waals surface area contributed by atoms with Crippen molar-refractivity contribution in [3.63, 3.8) is 0 Å². The van der Waals surface area contributed by atoms with E-state index in [9.17, 15) is 0 Å². The van der Waals surface area contributed by atoms with Crippen LogP contribution < -0.4 is 9.80 Å². The van der Waals surface area contributed by atoms with Crippen LogP contribution in [0.25, 0.3) is 52.9 Å². The molecule has 4 heteroatoms. The Kier molecular flexibility index (Phi) is 3.60. The first-order valence-corrected chi connectivity index (χ1v) is 10.9. The van der Waals surface area contributed by atoms with Gasteiger partial charge in [0.2, 0.25) is 0 Å². The number of rotatable bonds is 2. The third-order valence-electron chi connectivity index (χ3n) is 6.07. The minimum atomic E-state index is 0.941. The highest BCUT2D eigenvalue weighted by Crippen LogP contribution is 2.43. The molecular weight excluding hydrogens is 388 g/mol. The van der Waals surface area contributed by atoms with Gasteiger partial charge in [0.15, 0.2) is 0 Å². The molecule has 148 valence electrons. The lowest BCUT2D eigenvalue weighted by Crippen LogP contribution is -2.07. The molecule has 4 aromatic carbocycles. The van der Waals surface area contributed by atoms with Crippen molar-refractivity contribution in [2.75, 3.05) is 38.0 Å². The topological polar surface area (TPSA) is 19.6 Å². The zero-order valence-corrected chi connectivity index (χ0v) is 18.3. The lowest BCUT2D eigenvalue weighted by atomic mass is 10.0. The van der Waals surface area contributed by atoms with E-state index in [2.05, 4.69) is 98.7 Å². The van der Waals surface area contributed by atoms with Crippen molar-refractivity contribution in [3.8, 4) is 0 Å². The standard InChI is InChI=1S/C26H22N2OS/c1-27(2)15-5-7-17-19-9-12-22-20(25(19)29-23(17)13-15)10-11-21-18-8-6-16(28(3)4)14-24(18)30-26(21)22/h5-14H,1-4H3. The largest absolute Gasteiger partial charge is 0.455 e. The van der Waals surface area contributed by atoms with E-state index in [0.29, 0.717) is 0 Å². The number of thiophene rings is 1. The van der Waals surface area contributed by atoms with Crippen LogP contribution in [0.2, 0.25) is 0 Å². The molecule has 3 nitrogen and oxygen atoms in total. The second kappa shape index (κ2) is 6.13. The fourth-order valence-electron chi connectivity index (χ4n) is 4.41. The number of furan rings is 1. The average Bonchev–Trinajstić information content (AvgIpc) is 3.30. The first-order chi connectivity index (χ1) is 14.5. The highest BCUT2D eigenvalue weighted by molar-refractivity contribution is 7.26. The summed E-state index contributed by atoms with van der Waals surface area (Å²) in [7, 11) is 8.28. The van der Waals surface area contributed by atoms with Gasteiger partial charge >= 0.3 is 0 Å². The summed E-state index contributed by atoms with van der Waals surface area (Å²) < 4.78 is 9.05. The van der Waals surface area contributed by atoms with Gasteiger partial charge in [-0.05, 0) is 36.4 Å². The Bertz CT molecular complexity index is 1480.